The summed E-state index contributed by atoms with van der Waals surface area (Å²) in [6.07, 6.45) is 0.729. The van der Waals surface area contributed by atoms with Crippen molar-refractivity contribution in [2.24, 2.45) is 5.41 Å². The highest BCUT2D eigenvalue weighted by atomic mass is 16.6. The summed E-state index contributed by atoms with van der Waals surface area (Å²) in [5.41, 5.74) is -0.204. The Morgan fingerprint density at radius 1 is 0.950 bits per heavy atom. The number of Topliss-reactive ketones (excluding diaryl/α,β-unsaturated/α-hetero) is 1. The summed E-state index contributed by atoms with van der Waals surface area (Å²) in [5.74, 6) is -1.12. The average Bonchev–Trinajstić information content (AvgIpc) is 3.37. The molecule has 0 aromatic heterocycles. The maximum atomic E-state index is 13.7. The van der Waals surface area contributed by atoms with Crippen LogP contribution in [0.5, 0.6) is 5.75 Å². The number of nitrogens with one attached hydrogen (secondary N) is 2. The maximum absolute atomic E-state index is 13.7. The van der Waals surface area contributed by atoms with Gasteiger partial charge in [0.15, 0.2) is 5.78 Å². The third-order valence-corrected chi connectivity index (χ3v) is 6.67. The molecule has 40 heavy (non-hydrogen) atoms. The summed E-state index contributed by atoms with van der Waals surface area (Å²) < 4.78 is 5.48. The number of phenolic OH excluding ortho intramolecular Hbond substituents is 1. The zero-order valence-corrected chi connectivity index (χ0v) is 24.2. The van der Waals surface area contributed by atoms with Gasteiger partial charge in [-0.15, -0.1) is 0 Å². The topological polar surface area (TPSA) is 125 Å². The van der Waals surface area contributed by atoms with Gasteiger partial charge in [-0.3, -0.25) is 19.3 Å². The Kier molecular flexibility index (Phi) is 9.60. The molecule has 3 atom stereocenters. The zero-order valence-electron chi connectivity index (χ0n) is 24.2. The molecule has 3 amide bonds. The van der Waals surface area contributed by atoms with E-state index in [1.54, 1.807) is 63.2 Å². The number of rotatable bonds is 8. The molecule has 0 aliphatic carbocycles. The Morgan fingerprint density at radius 3 is 2.15 bits per heavy atom. The van der Waals surface area contributed by atoms with E-state index >= 15 is 0 Å². The highest BCUT2D eigenvalue weighted by Crippen LogP contribution is 2.24. The Labute approximate surface area is 236 Å². The number of likely N-dealkylation sites (tertiary alicyclic amines) is 1. The number of nitrogens with zero attached hydrogens (tertiary/aromatic N) is 1. The zero-order chi connectivity index (χ0) is 29.7. The van der Waals surface area contributed by atoms with Crippen molar-refractivity contribution in [1.29, 1.82) is 0 Å². The molecule has 2 aromatic rings. The number of phenols is 1. The minimum atomic E-state index is -0.980. The van der Waals surface area contributed by atoms with Gasteiger partial charge in [0, 0.05) is 18.5 Å². The molecule has 2 aromatic carbocycles. The van der Waals surface area contributed by atoms with Crippen LogP contribution < -0.4 is 10.6 Å². The molecule has 1 heterocycles. The smallest absolute Gasteiger partial charge is 0.410 e. The lowest BCUT2D eigenvalue weighted by molar-refractivity contribution is -0.134. The number of aromatic hydroxyl groups is 1. The van der Waals surface area contributed by atoms with Crippen molar-refractivity contribution >= 4 is 23.7 Å². The lowest BCUT2D eigenvalue weighted by Crippen LogP contribution is -2.59. The van der Waals surface area contributed by atoms with E-state index in [1.807, 2.05) is 20.8 Å². The van der Waals surface area contributed by atoms with Crippen LogP contribution in [-0.4, -0.2) is 64.0 Å². The first-order valence-corrected chi connectivity index (χ1v) is 13.6. The van der Waals surface area contributed by atoms with Gasteiger partial charge < -0.3 is 20.5 Å². The molecule has 3 rings (SSSR count). The molecule has 0 bridgehead atoms. The lowest BCUT2D eigenvalue weighted by atomic mass is 9.85. The van der Waals surface area contributed by atoms with Gasteiger partial charge in [0.05, 0.1) is 6.04 Å². The van der Waals surface area contributed by atoms with Crippen molar-refractivity contribution in [3.8, 4) is 5.75 Å². The van der Waals surface area contributed by atoms with E-state index < -0.39 is 47.0 Å². The Bertz CT molecular complexity index is 1200. The summed E-state index contributed by atoms with van der Waals surface area (Å²) >= 11 is 0. The van der Waals surface area contributed by atoms with E-state index in [1.165, 1.54) is 17.0 Å². The normalized spacial score (nSPS) is 17.1. The highest BCUT2D eigenvalue weighted by Gasteiger charge is 2.41. The second-order valence-corrected chi connectivity index (χ2v) is 12.3. The van der Waals surface area contributed by atoms with Crippen molar-refractivity contribution in [3.63, 3.8) is 0 Å². The first-order valence-electron chi connectivity index (χ1n) is 13.6. The van der Waals surface area contributed by atoms with Gasteiger partial charge in [-0.2, -0.15) is 0 Å². The van der Waals surface area contributed by atoms with Gasteiger partial charge >= 0.3 is 6.09 Å². The molecule has 3 unspecified atom stereocenters. The summed E-state index contributed by atoms with van der Waals surface area (Å²) in [4.78, 5) is 54.7. The minimum Gasteiger partial charge on any atom is -0.508 e. The van der Waals surface area contributed by atoms with Crippen LogP contribution in [0.4, 0.5) is 4.79 Å². The van der Waals surface area contributed by atoms with E-state index in [0.717, 1.165) is 5.56 Å². The summed E-state index contributed by atoms with van der Waals surface area (Å²) in [6, 6.07) is 12.5. The van der Waals surface area contributed by atoms with Crippen LogP contribution in [0.15, 0.2) is 54.6 Å². The number of ketones is 1. The molecule has 9 nitrogen and oxygen atoms in total. The predicted octanol–water partition coefficient (Wildman–Crippen LogP) is 4.23. The maximum Gasteiger partial charge on any atom is 0.410 e. The third-order valence-electron chi connectivity index (χ3n) is 6.67. The standard InChI is InChI=1S/C31H41N3O6/c1-30(2,3)26(33-27(37)24-13-10-18-34(24)29(39)40-31(4,5)6)28(38)32-23(19-20-14-16-22(35)17-15-20)25(36)21-11-8-7-9-12-21/h7-9,11-12,14-17,23-24,26,35H,10,13,18-19H2,1-6H3,(H,32,38)(H,33,37). The van der Waals surface area contributed by atoms with Crippen LogP contribution in [0.3, 0.4) is 0 Å². The van der Waals surface area contributed by atoms with Gasteiger partial charge in [0.1, 0.15) is 23.4 Å². The second-order valence-electron chi connectivity index (χ2n) is 12.3. The molecule has 1 saturated heterocycles. The van der Waals surface area contributed by atoms with Crippen LogP contribution in [0, 0.1) is 5.41 Å². The largest absolute Gasteiger partial charge is 0.508 e. The molecule has 1 fully saturated rings. The van der Waals surface area contributed by atoms with Crippen molar-refractivity contribution in [3.05, 3.63) is 65.7 Å². The fourth-order valence-corrected chi connectivity index (χ4v) is 4.63. The van der Waals surface area contributed by atoms with E-state index in [-0.39, 0.29) is 18.0 Å². The summed E-state index contributed by atoms with van der Waals surface area (Å²) in [5, 5.41) is 15.4. The first-order chi connectivity index (χ1) is 18.7. The SMILES string of the molecule is CC(C)(C)OC(=O)N1CCCC1C(=O)NC(C(=O)NC(Cc1ccc(O)cc1)C(=O)c1ccccc1)C(C)(C)C. The van der Waals surface area contributed by atoms with Crippen LogP contribution in [0.2, 0.25) is 0 Å². The van der Waals surface area contributed by atoms with Crippen LogP contribution >= 0.6 is 0 Å². The second kappa shape index (κ2) is 12.5. The van der Waals surface area contributed by atoms with E-state index in [0.29, 0.717) is 24.9 Å². The number of carbonyl (C=O) groups excluding carboxylic acids is 4. The molecule has 3 N–H and O–H groups in total. The molecule has 0 saturated carbocycles. The van der Waals surface area contributed by atoms with Crippen LogP contribution in [0.1, 0.15) is 70.3 Å². The summed E-state index contributed by atoms with van der Waals surface area (Å²) in [7, 11) is 0. The number of hydrogen-bond donors (Lipinski definition) is 3. The molecule has 0 radical (unpaired) electrons. The molecule has 0 spiro atoms. The molecule has 216 valence electrons. The first kappa shape index (κ1) is 30.7. The van der Waals surface area contributed by atoms with Crippen LogP contribution in [-0.2, 0) is 20.7 Å². The molecule has 1 aliphatic heterocycles. The van der Waals surface area contributed by atoms with Crippen molar-refractivity contribution in [2.45, 2.75) is 84.5 Å². The van der Waals surface area contributed by atoms with E-state index in [2.05, 4.69) is 10.6 Å². The molecule has 9 heteroatoms. The van der Waals surface area contributed by atoms with Gasteiger partial charge in [-0.1, -0.05) is 63.2 Å². The van der Waals surface area contributed by atoms with E-state index in [4.69, 9.17) is 4.74 Å². The quantitative estimate of drug-likeness (QED) is 0.422. The Morgan fingerprint density at radius 2 is 1.57 bits per heavy atom. The highest BCUT2D eigenvalue weighted by molar-refractivity contribution is 6.03. The Hall–Kier alpha value is -3.88. The van der Waals surface area contributed by atoms with Crippen LogP contribution in [0.25, 0.3) is 0 Å². The number of hydrogen-bond acceptors (Lipinski definition) is 6. The molecule has 1 aliphatic rings. The van der Waals surface area contributed by atoms with Gasteiger partial charge in [-0.05, 0) is 56.7 Å². The molecular formula is C31H41N3O6. The minimum absolute atomic E-state index is 0.0987. The van der Waals surface area contributed by atoms with Gasteiger partial charge in [-0.25, -0.2) is 4.79 Å². The average molecular weight is 552 g/mol. The number of amides is 3. The predicted molar refractivity (Wildman–Crippen MR) is 152 cm³/mol. The lowest BCUT2D eigenvalue weighted by Gasteiger charge is -2.34. The number of benzene rings is 2. The third kappa shape index (κ3) is 8.31. The fourth-order valence-electron chi connectivity index (χ4n) is 4.63. The van der Waals surface area contributed by atoms with Crippen molar-refractivity contribution in [1.82, 2.24) is 15.5 Å². The summed E-state index contributed by atoms with van der Waals surface area (Å²) in [6.45, 7) is 11.2. The monoisotopic (exact) mass is 551 g/mol. The van der Waals surface area contributed by atoms with Gasteiger partial charge in [0.25, 0.3) is 0 Å². The van der Waals surface area contributed by atoms with E-state index in [9.17, 15) is 24.3 Å². The fraction of sp³-hybridized carbons (Fsp3) is 0.484. The Balaban J connectivity index is 1.81. The number of ether oxygens (including phenoxy) is 1. The number of carbonyl (C=O) groups is 4. The van der Waals surface area contributed by atoms with Gasteiger partial charge in [0.2, 0.25) is 11.8 Å². The molecular weight excluding hydrogens is 510 g/mol. The van der Waals surface area contributed by atoms with Crippen molar-refractivity contribution in [2.75, 3.05) is 6.54 Å². The van der Waals surface area contributed by atoms with Crippen molar-refractivity contribution < 1.29 is 29.0 Å².